The number of likely N-dealkylation sites (N-methyl/N-ethyl adjacent to an activating group) is 1. The van der Waals surface area contributed by atoms with Gasteiger partial charge in [-0.05, 0) is 31.5 Å². The summed E-state index contributed by atoms with van der Waals surface area (Å²) in [5.74, 6) is 0.206. The molecule has 1 aromatic rings. The van der Waals surface area contributed by atoms with Crippen LogP contribution in [-0.4, -0.2) is 73.5 Å². The van der Waals surface area contributed by atoms with Crippen LogP contribution in [0.15, 0.2) is 30.3 Å². The normalized spacial score (nSPS) is 16.3. The number of rotatable bonds is 7. The van der Waals surface area contributed by atoms with Crippen LogP contribution in [0.5, 0.6) is 0 Å². The van der Waals surface area contributed by atoms with Gasteiger partial charge in [-0.1, -0.05) is 44.2 Å². The van der Waals surface area contributed by atoms with Crippen LogP contribution in [0.2, 0.25) is 0 Å². The van der Waals surface area contributed by atoms with Crippen LogP contribution in [0.25, 0.3) is 0 Å². The number of nitrogens with zero attached hydrogens (tertiary/aromatic N) is 3. The SMILES string of the molecule is CCN(CC)C(CNC(=O)N1CCC(C(=O)N(C)C)CC1)c1ccccc1. The summed E-state index contributed by atoms with van der Waals surface area (Å²) in [7, 11) is 3.58. The Labute approximate surface area is 163 Å². The van der Waals surface area contributed by atoms with Crippen molar-refractivity contribution in [2.75, 3.05) is 46.8 Å². The molecule has 3 amide bonds. The van der Waals surface area contributed by atoms with Crippen molar-refractivity contribution in [3.05, 3.63) is 35.9 Å². The quantitative estimate of drug-likeness (QED) is 0.798. The van der Waals surface area contributed by atoms with Gasteiger partial charge in [-0.15, -0.1) is 0 Å². The van der Waals surface area contributed by atoms with E-state index in [2.05, 4.69) is 36.2 Å². The maximum Gasteiger partial charge on any atom is 0.317 e. The predicted octanol–water partition coefficient (Wildman–Crippen LogP) is 2.58. The summed E-state index contributed by atoms with van der Waals surface area (Å²) in [6.45, 7) is 8.02. The van der Waals surface area contributed by atoms with E-state index in [-0.39, 0.29) is 23.9 Å². The molecule has 1 atom stereocenters. The Morgan fingerprint density at radius 3 is 2.22 bits per heavy atom. The lowest BCUT2D eigenvalue weighted by Gasteiger charge is -2.34. The second kappa shape index (κ2) is 10.3. The summed E-state index contributed by atoms with van der Waals surface area (Å²) in [5.41, 5.74) is 1.22. The average molecular weight is 375 g/mol. The molecule has 1 aliphatic heterocycles. The Morgan fingerprint density at radius 1 is 1.11 bits per heavy atom. The fraction of sp³-hybridized carbons (Fsp3) is 0.619. The third-order valence-corrected chi connectivity index (χ3v) is 5.46. The van der Waals surface area contributed by atoms with E-state index in [1.807, 2.05) is 23.1 Å². The van der Waals surface area contributed by atoms with E-state index >= 15 is 0 Å². The molecule has 0 radical (unpaired) electrons. The number of hydrogen-bond acceptors (Lipinski definition) is 3. The molecule has 0 bridgehead atoms. The van der Waals surface area contributed by atoms with Gasteiger partial charge >= 0.3 is 6.03 Å². The van der Waals surface area contributed by atoms with Gasteiger partial charge in [0.2, 0.25) is 5.91 Å². The number of nitrogens with one attached hydrogen (secondary N) is 1. The number of carbonyl (C=O) groups excluding carboxylic acids is 2. The number of piperidine rings is 1. The molecule has 0 aliphatic carbocycles. The molecule has 6 nitrogen and oxygen atoms in total. The Morgan fingerprint density at radius 2 is 1.70 bits per heavy atom. The largest absolute Gasteiger partial charge is 0.349 e. The zero-order valence-corrected chi connectivity index (χ0v) is 17.1. The van der Waals surface area contributed by atoms with Crippen LogP contribution >= 0.6 is 0 Å². The molecular formula is C21H34N4O2. The third-order valence-electron chi connectivity index (χ3n) is 5.46. The highest BCUT2D eigenvalue weighted by Crippen LogP contribution is 2.21. The van der Waals surface area contributed by atoms with E-state index in [1.54, 1.807) is 19.0 Å². The standard InChI is InChI=1S/C21H34N4O2/c1-5-24(6-2)19(17-10-8-7-9-11-17)16-22-21(27)25-14-12-18(13-15-25)20(26)23(3)4/h7-11,18-19H,5-6,12-16H2,1-4H3,(H,22,27). The highest BCUT2D eigenvalue weighted by Gasteiger charge is 2.28. The summed E-state index contributed by atoms with van der Waals surface area (Å²) in [6.07, 6.45) is 1.48. The van der Waals surface area contributed by atoms with Gasteiger partial charge in [-0.25, -0.2) is 4.79 Å². The van der Waals surface area contributed by atoms with E-state index in [9.17, 15) is 9.59 Å². The predicted molar refractivity (Wildman–Crippen MR) is 108 cm³/mol. The number of amides is 3. The minimum atomic E-state index is -0.0289. The van der Waals surface area contributed by atoms with E-state index in [0.717, 1.165) is 25.9 Å². The van der Waals surface area contributed by atoms with Crippen molar-refractivity contribution < 1.29 is 9.59 Å². The van der Waals surface area contributed by atoms with Crippen molar-refractivity contribution >= 4 is 11.9 Å². The molecule has 1 saturated heterocycles. The highest BCUT2D eigenvalue weighted by atomic mass is 16.2. The Balaban J connectivity index is 1.91. The Bertz CT molecular complexity index is 593. The fourth-order valence-corrected chi connectivity index (χ4v) is 3.79. The first-order chi connectivity index (χ1) is 13.0. The van der Waals surface area contributed by atoms with Crippen molar-refractivity contribution in [1.82, 2.24) is 20.0 Å². The van der Waals surface area contributed by atoms with Gasteiger partial charge in [-0.2, -0.15) is 0 Å². The van der Waals surface area contributed by atoms with Gasteiger partial charge in [0.1, 0.15) is 0 Å². The minimum absolute atomic E-state index is 0.0289. The van der Waals surface area contributed by atoms with Crippen molar-refractivity contribution in [2.24, 2.45) is 5.92 Å². The van der Waals surface area contributed by atoms with Crippen LogP contribution in [0.4, 0.5) is 4.79 Å². The first-order valence-electron chi connectivity index (χ1n) is 10.0. The van der Waals surface area contributed by atoms with E-state index in [1.165, 1.54) is 5.56 Å². The van der Waals surface area contributed by atoms with Crippen molar-refractivity contribution in [3.8, 4) is 0 Å². The average Bonchev–Trinajstić information content (AvgIpc) is 2.71. The number of benzene rings is 1. The molecule has 27 heavy (non-hydrogen) atoms. The van der Waals surface area contributed by atoms with Gasteiger partial charge in [0, 0.05) is 39.6 Å². The summed E-state index contributed by atoms with van der Waals surface area (Å²) < 4.78 is 0. The molecule has 6 heteroatoms. The summed E-state index contributed by atoms with van der Waals surface area (Å²) in [5, 5.41) is 3.12. The van der Waals surface area contributed by atoms with E-state index in [0.29, 0.717) is 19.6 Å². The highest BCUT2D eigenvalue weighted by molar-refractivity contribution is 5.79. The van der Waals surface area contributed by atoms with Crippen molar-refractivity contribution in [1.29, 1.82) is 0 Å². The number of carbonyl (C=O) groups is 2. The van der Waals surface area contributed by atoms with Crippen molar-refractivity contribution in [3.63, 3.8) is 0 Å². The van der Waals surface area contributed by atoms with Gasteiger partial charge in [0.05, 0.1) is 6.04 Å². The molecule has 1 aliphatic rings. The van der Waals surface area contributed by atoms with Crippen molar-refractivity contribution in [2.45, 2.75) is 32.7 Å². The molecule has 2 rings (SSSR count). The topological polar surface area (TPSA) is 55.9 Å². The molecule has 0 saturated carbocycles. The van der Waals surface area contributed by atoms with Crippen LogP contribution < -0.4 is 5.32 Å². The third kappa shape index (κ3) is 5.70. The molecule has 0 aromatic heterocycles. The lowest BCUT2D eigenvalue weighted by Crippen LogP contribution is -2.48. The Kier molecular flexibility index (Phi) is 8.10. The van der Waals surface area contributed by atoms with Crippen LogP contribution in [0.3, 0.4) is 0 Å². The van der Waals surface area contributed by atoms with Gasteiger partial charge in [-0.3, -0.25) is 9.69 Å². The maximum atomic E-state index is 12.6. The summed E-state index contributed by atoms with van der Waals surface area (Å²) in [6, 6.07) is 10.5. The molecule has 1 aromatic carbocycles. The first-order valence-corrected chi connectivity index (χ1v) is 10.0. The van der Waals surface area contributed by atoms with Crippen LogP contribution in [0.1, 0.15) is 38.3 Å². The minimum Gasteiger partial charge on any atom is -0.349 e. The fourth-order valence-electron chi connectivity index (χ4n) is 3.79. The zero-order chi connectivity index (χ0) is 19.8. The first kappa shape index (κ1) is 21.2. The monoisotopic (exact) mass is 374 g/mol. The zero-order valence-electron chi connectivity index (χ0n) is 17.1. The molecule has 1 heterocycles. The van der Waals surface area contributed by atoms with E-state index < -0.39 is 0 Å². The Hall–Kier alpha value is -2.08. The molecule has 1 N–H and O–H groups in total. The lowest BCUT2D eigenvalue weighted by molar-refractivity contribution is -0.134. The molecule has 1 fully saturated rings. The van der Waals surface area contributed by atoms with Crippen LogP contribution in [0, 0.1) is 5.92 Å². The van der Waals surface area contributed by atoms with Crippen LogP contribution in [-0.2, 0) is 4.79 Å². The maximum absolute atomic E-state index is 12.6. The number of hydrogen-bond donors (Lipinski definition) is 1. The second-order valence-corrected chi connectivity index (χ2v) is 7.33. The molecular weight excluding hydrogens is 340 g/mol. The summed E-state index contributed by atoms with van der Waals surface area (Å²) >= 11 is 0. The number of urea groups is 1. The second-order valence-electron chi connectivity index (χ2n) is 7.33. The molecule has 1 unspecified atom stereocenters. The number of likely N-dealkylation sites (tertiary alicyclic amines) is 1. The van der Waals surface area contributed by atoms with E-state index in [4.69, 9.17) is 0 Å². The van der Waals surface area contributed by atoms with Gasteiger partial charge < -0.3 is 15.1 Å². The van der Waals surface area contributed by atoms with Gasteiger partial charge in [0.15, 0.2) is 0 Å². The smallest absolute Gasteiger partial charge is 0.317 e. The molecule has 150 valence electrons. The van der Waals surface area contributed by atoms with Gasteiger partial charge in [0.25, 0.3) is 0 Å². The molecule has 0 spiro atoms. The summed E-state index contributed by atoms with van der Waals surface area (Å²) in [4.78, 5) is 30.6. The lowest BCUT2D eigenvalue weighted by atomic mass is 9.96.